The zero-order chi connectivity index (χ0) is 31.1. The standard InChI is InChI=1S/C36H58O6/c1-22(20-37)23-12-17-36(30(40)42-21-41-29(39)31(2,3)4)19-18-34(8)24(28(23)36)10-11-26-33(7)15-14-27(38)32(5,6)25(33)13-16-35(26,34)9/h23-28,37-38H,1,10-21H2,2-9H3/t23?,24?,25?,26?,27-,28?,33-,34+,35+,36-/m0/s1. The highest BCUT2D eigenvalue weighted by Crippen LogP contribution is 2.77. The Morgan fingerprint density at radius 2 is 1.52 bits per heavy atom. The molecule has 6 nitrogen and oxygen atoms in total. The van der Waals surface area contributed by atoms with Gasteiger partial charge in [-0.3, -0.25) is 9.59 Å². The van der Waals surface area contributed by atoms with E-state index in [0.29, 0.717) is 17.8 Å². The lowest BCUT2D eigenvalue weighted by Gasteiger charge is -2.72. The molecule has 238 valence electrons. The van der Waals surface area contributed by atoms with E-state index in [-0.39, 0.29) is 64.9 Å². The number of rotatable bonds is 5. The van der Waals surface area contributed by atoms with E-state index in [1.165, 1.54) is 0 Å². The summed E-state index contributed by atoms with van der Waals surface area (Å²) in [5.41, 5.74) is -0.166. The molecule has 0 aromatic carbocycles. The van der Waals surface area contributed by atoms with Crippen LogP contribution in [0.25, 0.3) is 0 Å². The third kappa shape index (κ3) is 4.38. The molecule has 2 N–H and O–H groups in total. The number of hydrogen-bond donors (Lipinski definition) is 2. The van der Waals surface area contributed by atoms with Gasteiger partial charge < -0.3 is 19.7 Å². The van der Waals surface area contributed by atoms with Crippen molar-refractivity contribution in [2.75, 3.05) is 13.4 Å². The summed E-state index contributed by atoms with van der Waals surface area (Å²) in [6.07, 6.45) is 9.52. The fourth-order valence-corrected chi connectivity index (χ4v) is 12.0. The Hall–Kier alpha value is -1.40. The predicted octanol–water partition coefficient (Wildman–Crippen LogP) is 7.07. The Morgan fingerprint density at radius 3 is 2.17 bits per heavy atom. The average Bonchev–Trinajstić information content (AvgIpc) is 3.31. The monoisotopic (exact) mass is 586 g/mol. The van der Waals surface area contributed by atoms with E-state index >= 15 is 0 Å². The molecule has 6 heteroatoms. The Balaban J connectivity index is 1.46. The first kappa shape index (κ1) is 32.0. The van der Waals surface area contributed by atoms with Crippen LogP contribution < -0.4 is 0 Å². The van der Waals surface area contributed by atoms with Crippen molar-refractivity contribution in [3.8, 4) is 0 Å². The lowest BCUT2D eigenvalue weighted by molar-refractivity contribution is -0.249. The molecule has 0 aromatic heterocycles. The number of ether oxygens (including phenoxy) is 2. The minimum Gasteiger partial charge on any atom is -0.427 e. The van der Waals surface area contributed by atoms with Crippen LogP contribution in [0.5, 0.6) is 0 Å². The molecule has 5 saturated carbocycles. The zero-order valence-corrected chi connectivity index (χ0v) is 27.7. The van der Waals surface area contributed by atoms with Gasteiger partial charge in [0.1, 0.15) is 0 Å². The number of aliphatic hydroxyl groups is 2. The summed E-state index contributed by atoms with van der Waals surface area (Å²) in [5, 5.41) is 21.2. The molecule has 0 spiro atoms. The van der Waals surface area contributed by atoms with Crippen molar-refractivity contribution in [2.45, 2.75) is 126 Å². The lowest BCUT2D eigenvalue weighted by Crippen LogP contribution is -2.67. The first-order valence-corrected chi connectivity index (χ1v) is 16.7. The van der Waals surface area contributed by atoms with Gasteiger partial charge in [-0.2, -0.15) is 0 Å². The normalized spacial score (nSPS) is 46.0. The van der Waals surface area contributed by atoms with Crippen molar-refractivity contribution < 1.29 is 29.3 Å². The second kappa shape index (κ2) is 10.3. The van der Waals surface area contributed by atoms with Crippen LogP contribution in [0, 0.1) is 62.1 Å². The van der Waals surface area contributed by atoms with E-state index in [0.717, 1.165) is 69.8 Å². The van der Waals surface area contributed by atoms with E-state index in [1.54, 1.807) is 20.8 Å². The molecule has 42 heavy (non-hydrogen) atoms. The first-order chi connectivity index (χ1) is 19.4. The molecular weight excluding hydrogens is 528 g/mol. The molecule has 5 aliphatic carbocycles. The number of aliphatic hydroxyl groups excluding tert-OH is 2. The largest absolute Gasteiger partial charge is 0.427 e. The molecule has 0 bridgehead atoms. The van der Waals surface area contributed by atoms with Gasteiger partial charge in [-0.25, -0.2) is 0 Å². The van der Waals surface area contributed by atoms with Gasteiger partial charge in [0.2, 0.25) is 6.79 Å². The first-order valence-electron chi connectivity index (χ1n) is 16.7. The maximum absolute atomic E-state index is 14.0. The molecule has 0 aromatic rings. The molecule has 10 atom stereocenters. The molecule has 5 rings (SSSR count). The van der Waals surface area contributed by atoms with Crippen LogP contribution in [-0.4, -0.2) is 41.7 Å². The number of hydrogen-bond acceptors (Lipinski definition) is 6. The molecule has 0 amide bonds. The van der Waals surface area contributed by atoms with Gasteiger partial charge >= 0.3 is 11.9 Å². The van der Waals surface area contributed by atoms with E-state index in [1.807, 2.05) is 0 Å². The fraction of sp³-hybridized carbons (Fsp3) is 0.889. The van der Waals surface area contributed by atoms with Gasteiger partial charge in [-0.05, 0) is 142 Å². The lowest BCUT2D eigenvalue weighted by atomic mass is 9.32. The Bertz CT molecular complexity index is 1100. The summed E-state index contributed by atoms with van der Waals surface area (Å²) in [5.74, 6) is 0.940. The quantitative estimate of drug-likeness (QED) is 0.203. The van der Waals surface area contributed by atoms with Gasteiger partial charge in [0.25, 0.3) is 0 Å². The van der Waals surface area contributed by atoms with Crippen LogP contribution in [0.1, 0.15) is 120 Å². The van der Waals surface area contributed by atoms with Gasteiger partial charge in [-0.15, -0.1) is 0 Å². The summed E-state index contributed by atoms with van der Waals surface area (Å²) in [7, 11) is 0. The Kier molecular flexibility index (Phi) is 7.87. The SMILES string of the molecule is C=C(CO)C1CC[C@]2(C(=O)OCOC(=O)C(C)(C)C)CC[C@]3(C)C(CCC4[C@@]5(C)CC[C@H](O)C(C)(C)C5CC[C@]43C)C12. The number of carbonyl (C=O) groups excluding carboxylic acids is 2. The van der Waals surface area contributed by atoms with Crippen LogP contribution >= 0.6 is 0 Å². The molecule has 0 aliphatic heterocycles. The number of carbonyl (C=O) groups is 2. The minimum absolute atomic E-state index is 0.0512. The van der Waals surface area contributed by atoms with Crippen LogP contribution in [-0.2, 0) is 19.1 Å². The van der Waals surface area contributed by atoms with Crippen molar-refractivity contribution in [2.24, 2.45) is 62.1 Å². The molecule has 5 aliphatic rings. The van der Waals surface area contributed by atoms with Crippen LogP contribution in [0.15, 0.2) is 12.2 Å². The Morgan fingerprint density at radius 1 is 0.833 bits per heavy atom. The van der Waals surface area contributed by atoms with Crippen molar-refractivity contribution in [1.82, 2.24) is 0 Å². The maximum Gasteiger partial charge on any atom is 0.315 e. The highest BCUT2D eigenvalue weighted by atomic mass is 16.7. The molecule has 5 unspecified atom stereocenters. The second-order valence-electron chi connectivity index (χ2n) is 17.4. The summed E-state index contributed by atoms with van der Waals surface area (Å²) in [4.78, 5) is 26.4. The van der Waals surface area contributed by atoms with Crippen molar-refractivity contribution >= 4 is 11.9 Å². The van der Waals surface area contributed by atoms with Gasteiger partial charge in [0, 0.05) is 0 Å². The molecule has 0 heterocycles. The summed E-state index contributed by atoms with van der Waals surface area (Å²) in [6, 6.07) is 0. The summed E-state index contributed by atoms with van der Waals surface area (Å²) < 4.78 is 11.1. The van der Waals surface area contributed by atoms with E-state index < -0.39 is 10.8 Å². The second-order valence-corrected chi connectivity index (χ2v) is 17.4. The predicted molar refractivity (Wildman–Crippen MR) is 163 cm³/mol. The number of esters is 2. The smallest absolute Gasteiger partial charge is 0.315 e. The van der Waals surface area contributed by atoms with Crippen molar-refractivity contribution in [1.29, 1.82) is 0 Å². The van der Waals surface area contributed by atoms with Crippen molar-refractivity contribution in [3.05, 3.63) is 12.2 Å². The fourth-order valence-electron chi connectivity index (χ4n) is 12.0. The zero-order valence-electron chi connectivity index (χ0n) is 27.7. The summed E-state index contributed by atoms with van der Waals surface area (Å²) >= 11 is 0. The minimum atomic E-state index is -0.660. The van der Waals surface area contributed by atoms with Gasteiger partial charge in [0.05, 0.1) is 23.5 Å². The van der Waals surface area contributed by atoms with E-state index in [2.05, 4.69) is 41.2 Å². The summed E-state index contributed by atoms with van der Waals surface area (Å²) in [6.45, 7) is 21.5. The number of fused-ring (bicyclic) bond motifs is 7. The average molecular weight is 587 g/mol. The third-order valence-corrected chi connectivity index (χ3v) is 14.5. The highest BCUT2D eigenvalue weighted by Gasteiger charge is 2.72. The van der Waals surface area contributed by atoms with Crippen LogP contribution in [0.3, 0.4) is 0 Å². The van der Waals surface area contributed by atoms with Gasteiger partial charge in [-0.1, -0.05) is 41.2 Å². The molecule has 0 radical (unpaired) electrons. The van der Waals surface area contributed by atoms with E-state index in [4.69, 9.17) is 9.47 Å². The van der Waals surface area contributed by atoms with Gasteiger partial charge in [0.15, 0.2) is 0 Å². The third-order valence-electron chi connectivity index (χ3n) is 14.5. The molecule has 0 saturated heterocycles. The van der Waals surface area contributed by atoms with Crippen molar-refractivity contribution in [3.63, 3.8) is 0 Å². The van der Waals surface area contributed by atoms with Crippen LogP contribution in [0.2, 0.25) is 0 Å². The topological polar surface area (TPSA) is 93.1 Å². The maximum atomic E-state index is 14.0. The van der Waals surface area contributed by atoms with E-state index in [9.17, 15) is 19.8 Å². The van der Waals surface area contributed by atoms with Crippen LogP contribution in [0.4, 0.5) is 0 Å². The molecular formula is C36H58O6. The molecule has 5 fully saturated rings. The highest BCUT2D eigenvalue weighted by molar-refractivity contribution is 5.79. The Labute approximate surface area is 254 Å².